The van der Waals surface area contributed by atoms with E-state index in [0.717, 1.165) is 11.1 Å². The van der Waals surface area contributed by atoms with Gasteiger partial charge in [0.25, 0.3) is 0 Å². The van der Waals surface area contributed by atoms with Gasteiger partial charge in [0.1, 0.15) is 0 Å². The standard InChI is InChI=1S/C15H20FN3O/c1-5-20-13-6-9-11(7-10(13)16)18-14(15(2,3)4)8-12(9)19-17/h6-8H,5,17H2,1-4H3,(H,18,19). The molecule has 0 aliphatic heterocycles. The largest absolute Gasteiger partial charge is 0.491 e. The number of nitrogen functional groups attached to an aromatic ring is 1. The van der Waals surface area contributed by atoms with Crippen LogP contribution in [0.25, 0.3) is 10.9 Å². The molecule has 2 rings (SSSR count). The van der Waals surface area contributed by atoms with E-state index in [0.29, 0.717) is 17.8 Å². The average Bonchev–Trinajstić information content (AvgIpc) is 2.37. The lowest BCUT2D eigenvalue weighted by Gasteiger charge is -2.20. The number of aromatic nitrogens is 1. The average molecular weight is 277 g/mol. The molecule has 0 saturated heterocycles. The maximum atomic E-state index is 14.0. The summed E-state index contributed by atoms with van der Waals surface area (Å²) in [5.74, 6) is 5.37. The topological polar surface area (TPSA) is 60.2 Å². The van der Waals surface area contributed by atoms with Gasteiger partial charge in [-0.15, -0.1) is 0 Å². The number of nitrogens with two attached hydrogens (primary N) is 1. The second-order valence-corrected chi connectivity index (χ2v) is 5.68. The number of benzene rings is 1. The molecular weight excluding hydrogens is 257 g/mol. The predicted octanol–water partition coefficient (Wildman–Crippen LogP) is 3.36. The van der Waals surface area contributed by atoms with Gasteiger partial charge in [-0.25, -0.2) is 4.39 Å². The summed E-state index contributed by atoms with van der Waals surface area (Å²) >= 11 is 0. The molecule has 2 aromatic rings. The second-order valence-electron chi connectivity index (χ2n) is 5.68. The molecule has 20 heavy (non-hydrogen) atoms. The highest BCUT2D eigenvalue weighted by molar-refractivity contribution is 5.92. The summed E-state index contributed by atoms with van der Waals surface area (Å²) < 4.78 is 19.2. The van der Waals surface area contributed by atoms with Crippen molar-refractivity contribution >= 4 is 16.6 Å². The molecular formula is C15H20FN3O. The lowest BCUT2D eigenvalue weighted by Crippen LogP contribution is -2.16. The third-order valence-electron chi connectivity index (χ3n) is 3.09. The number of pyridine rings is 1. The van der Waals surface area contributed by atoms with Crippen LogP contribution in [-0.4, -0.2) is 11.6 Å². The number of nitrogens with zero attached hydrogens (tertiary/aromatic N) is 1. The molecule has 0 aliphatic carbocycles. The number of fused-ring (bicyclic) bond motifs is 1. The molecule has 4 nitrogen and oxygen atoms in total. The summed E-state index contributed by atoms with van der Waals surface area (Å²) in [6, 6.07) is 4.90. The van der Waals surface area contributed by atoms with Gasteiger partial charge in [-0.2, -0.15) is 0 Å². The first-order valence-electron chi connectivity index (χ1n) is 6.61. The smallest absolute Gasteiger partial charge is 0.167 e. The van der Waals surface area contributed by atoms with E-state index in [1.165, 1.54) is 6.07 Å². The van der Waals surface area contributed by atoms with Gasteiger partial charge in [-0.3, -0.25) is 10.8 Å². The zero-order valence-electron chi connectivity index (χ0n) is 12.2. The first kappa shape index (κ1) is 14.5. The lowest BCUT2D eigenvalue weighted by atomic mass is 9.91. The van der Waals surface area contributed by atoms with Crippen molar-refractivity contribution in [3.8, 4) is 5.75 Å². The maximum absolute atomic E-state index is 14.0. The third kappa shape index (κ3) is 2.67. The Morgan fingerprint density at radius 3 is 2.55 bits per heavy atom. The minimum absolute atomic E-state index is 0.144. The number of halogens is 1. The molecule has 5 heteroatoms. The Bertz CT molecular complexity index is 635. The van der Waals surface area contributed by atoms with Gasteiger partial charge in [-0.05, 0) is 19.1 Å². The molecule has 0 fully saturated rings. The Balaban J connectivity index is 2.71. The Kier molecular flexibility index (Phi) is 3.81. The van der Waals surface area contributed by atoms with Crippen molar-refractivity contribution in [2.75, 3.05) is 12.0 Å². The molecule has 0 spiro atoms. The number of nitrogens with one attached hydrogen (secondary N) is 1. The predicted molar refractivity (Wildman–Crippen MR) is 79.4 cm³/mol. The SMILES string of the molecule is CCOc1cc2c(NN)cc(C(C)(C)C)nc2cc1F. The van der Waals surface area contributed by atoms with E-state index in [2.05, 4.69) is 10.4 Å². The fourth-order valence-electron chi connectivity index (χ4n) is 2.00. The number of hydrogen-bond acceptors (Lipinski definition) is 4. The number of ether oxygens (including phenoxy) is 1. The fourth-order valence-corrected chi connectivity index (χ4v) is 2.00. The molecule has 0 unspecified atom stereocenters. The van der Waals surface area contributed by atoms with Gasteiger partial charge in [0.15, 0.2) is 11.6 Å². The van der Waals surface area contributed by atoms with Crippen molar-refractivity contribution < 1.29 is 9.13 Å². The summed E-state index contributed by atoms with van der Waals surface area (Å²) in [5.41, 5.74) is 4.63. The number of anilines is 1. The van der Waals surface area contributed by atoms with E-state index in [-0.39, 0.29) is 11.2 Å². The first-order chi connectivity index (χ1) is 9.36. The number of hydrazine groups is 1. The van der Waals surface area contributed by atoms with Crippen LogP contribution in [0, 0.1) is 5.82 Å². The Morgan fingerprint density at radius 2 is 2.00 bits per heavy atom. The van der Waals surface area contributed by atoms with Gasteiger partial charge in [-0.1, -0.05) is 20.8 Å². The van der Waals surface area contributed by atoms with E-state index in [1.54, 1.807) is 6.07 Å². The molecule has 0 saturated carbocycles. The van der Waals surface area contributed by atoms with Crippen molar-refractivity contribution in [3.63, 3.8) is 0 Å². The molecule has 1 heterocycles. The summed E-state index contributed by atoms with van der Waals surface area (Å²) in [5, 5.41) is 0.741. The molecule has 3 N–H and O–H groups in total. The van der Waals surface area contributed by atoms with Gasteiger partial charge >= 0.3 is 0 Å². The quantitative estimate of drug-likeness (QED) is 0.667. The number of hydrogen-bond donors (Lipinski definition) is 2. The van der Waals surface area contributed by atoms with Crippen LogP contribution in [0.5, 0.6) is 5.75 Å². The molecule has 0 bridgehead atoms. The van der Waals surface area contributed by atoms with Crippen LogP contribution in [0.4, 0.5) is 10.1 Å². The first-order valence-corrected chi connectivity index (χ1v) is 6.61. The zero-order chi connectivity index (χ0) is 14.9. The van der Waals surface area contributed by atoms with E-state index in [9.17, 15) is 4.39 Å². The Morgan fingerprint density at radius 1 is 1.30 bits per heavy atom. The van der Waals surface area contributed by atoms with Crippen molar-refractivity contribution in [3.05, 3.63) is 29.7 Å². The summed E-state index contributed by atoms with van der Waals surface area (Å²) in [7, 11) is 0. The number of rotatable bonds is 3. The van der Waals surface area contributed by atoms with Crippen LogP contribution in [0.3, 0.4) is 0 Å². The van der Waals surface area contributed by atoms with Gasteiger partial charge in [0.2, 0.25) is 0 Å². The van der Waals surface area contributed by atoms with Crippen LogP contribution < -0.4 is 16.0 Å². The molecule has 1 aromatic carbocycles. The highest BCUT2D eigenvalue weighted by Crippen LogP contribution is 2.32. The van der Waals surface area contributed by atoms with Crippen molar-refractivity contribution in [1.82, 2.24) is 4.98 Å². The minimum Gasteiger partial charge on any atom is -0.491 e. The molecule has 0 amide bonds. The van der Waals surface area contributed by atoms with E-state index in [1.807, 2.05) is 33.8 Å². The summed E-state index contributed by atoms with van der Waals surface area (Å²) in [6.07, 6.45) is 0. The fraction of sp³-hybridized carbons (Fsp3) is 0.400. The van der Waals surface area contributed by atoms with E-state index in [4.69, 9.17) is 10.6 Å². The van der Waals surface area contributed by atoms with Crippen LogP contribution in [0.2, 0.25) is 0 Å². The summed E-state index contributed by atoms with van der Waals surface area (Å²) in [6.45, 7) is 8.36. The third-order valence-corrected chi connectivity index (χ3v) is 3.09. The van der Waals surface area contributed by atoms with Crippen molar-refractivity contribution in [2.24, 2.45) is 5.84 Å². The van der Waals surface area contributed by atoms with Crippen molar-refractivity contribution in [1.29, 1.82) is 0 Å². The van der Waals surface area contributed by atoms with Gasteiger partial charge in [0, 0.05) is 22.6 Å². The van der Waals surface area contributed by atoms with Gasteiger partial charge < -0.3 is 10.2 Å². The summed E-state index contributed by atoms with van der Waals surface area (Å²) in [4.78, 5) is 4.53. The molecule has 0 radical (unpaired) electrons. The Hall–Kier alpha value is -1.88. The Labute approximate surface area is 118 Å². The normalized spacial score (nSPS) is 11.7. The van der Waals surface area contributed by atoms with Crippen molar-refractivity contribution in [2.45, 2.75) is 33.1 Å². The van der Waals surface area contributed by atoms with Crippen LogP contribution in [-0.2, 0) is 5.41 Å². The molecule has 1 aromatic heterocycles. The van der Waals surface area contributed by atoms with E-state index < -0.39 is 5.82 Å². The molecule has 108 valence electrons. The highest BCUT2D eigenvalue weighted by atomic mass is 19.1. The van der Waals surface area contributed by atoms with Crippen LogP contribution in [0.1, 0.15) is 33.4 Å². The minimum atomic E-state index is -0.416. The lowest BCUT2D eigenvalue weighted by molar-refractivity contribution is 0.322. The molecule has 0 atom stereocenters. The van der Waals surface area contributed by atoms with Crippen LogP contribution in [0.15, 0.2) is 18.2 Å². The maximum Gasteiger partial charge on any atom is 0.167 e. The second kappa shape index (κ2) is 5.25. The molecule has 0 aliphatic rings. The highest BCUT2D eigenvalue weighted by Gasteiger charge is 2.19. The van der Waals surface area contributed by atoms with E-state index >= 15 is 0 Å². The van der Waals surface area contributed by atoms with Gasteiger partial charge in [0.05, 0.1) is 17.8 Å². The van der Waals surface area contributed by atoms with Crippen LogP contribution >= 0.6 is 0 Å². The zero-order valence-corrected chi connectivity index (χ0v) is 12.2. The monoisotopic (exact) mass is 277 g/mol.